The maximum atomic E-state index is 12.9. The van der Waals surface area contributed by atoms with Gasteiger partial charge in [0.1, 0.15) is 0 Å². The van der Waals surface area contributed by atoms with Gasteiger partial charge in [0, 0.05) is 31.6 Å². The molecule has 1 saturated heterocycles. The first-order valence-corrected chi connectivity index (χ1v) is 10.5. The van der Waals surface area contributed by atoms with Crippen LogP contribution in [-0.4, -0.2) is 53.1 Å². The second-order valence-corrected chi connectivity index (χ2v) is 7.72. The Labute approximate surface area is 180 Å². The highest BCUT2D eigenvalue weighted by molar-refractivity contribution is 6.21. The molecule has 2 aromatic carbocycles. The van der Waals surface area contributed by atoms with Crippen LogP contribution in [0.4, 0.5) is 0 Å². The Balaban J connectivity index is 1.36. The zero-order valence-corrected chi connectivity index (χ0v) is 17.2. The van der Waals surface area contributed by atoms with E-state index >= 15 is 0 Å². The van der Waals surface area contributed by atoms with Gasteiger partial charge in [-0.3, -0.25) is 24.1 Å². The van der Waals surface area contributed by atoms with Gasteiger partial charge in [0.15, 0.2) is 0 Å². The van der Waals surface area contributed by atoms with Gasteiger partial charge in [0.25, 0.3) is 17.7 Å². The highest BCUT2D eigenvalue weighted by atomic mass is 16.5. The van der Waals surface area contributed by atoms with Crippen molar-refractivity contribution in [1.29, 1.82) is 0 Å². The molecule has 0 N–H and O–H groups in total. The van der Waals surface area contributed by atoms with E-state index in [4.69, 9.17) is 4.74 Å². The number of nitrogens with zero attached hydrogens (tertiary/aromatic N) is 2. The average molecular weight is 420 g/mol. The second kappa shape index (κ2) is 9.12. The number of carbonyl (C=O) groups excluding carboxylic acids is 4. The topological polar surface area (TPSA) is 84.0 Å². The quantitative estimate of drug-likeness (QED) is 0.508. The number of likely N-dealkylation sites (tertiary alicyclic amines) is 1. The molecule has 7 heteroatoms. The van der Waals surface area contributed by atoms with Crippen molar-refractivity contribution in [3.8, 4) is 0 Å². The van der Waals surface area contributed by atoms with Crippen LogP contribution in [0.25, 0.3) is 0 Å². The molecule has 0 aliphatic carbocycles. The summed E-state index contributed by atoms with van der Waals surface area (Å²) < 4.78 is 5.57. The van der Waals surface area contributed by atoms with Crippen LogP contribution in [0.5, 0.6) is 0 Å². The number of amides is 3. The molecule has 2 aromatic rings. The number of hydrogen-bond donors (Lipinski definition) is 0. The molecule has 0 unspecified atom stereocenters. The largest absolute Gasteiger partial charge is 0.447 e. The molecule has 160 valence electrons. The molecular weight excluding hydrogens is 396 g/mol. The van der Waals surface area contributed by atoms with Crippen LogP contribution in [-0.2, 0) is 14.3 Å². The van der Waals surface area contributed by atoms with Crippen molar-refractivity contribution in [2.75, 3.05) is 19.6 Å². The van der Waals surface area contributed by atoms with E-state index in [9.17, 15) is 19.2 Å². The van der Waals surface area contributed by atoms with Crippen molar-refractivity contribution < 1.29 is 23.9 Å². The number of rotatable bonds is 7. The van der Waals surface area contributed by atoms with Crippen LogP contribution in [0.2, 0.25) is 0 Å². The summed E-state index contributed by atoms with van der Waals surface area (Å²) in [5.41, 5.74) is 1.40. The van der Waals surface area contributed by atoms with Crippen molar-refractivity contribution in [2.24, 2.45) is 0 Å². The Morgan fingerprint density at radius 2 is 1.45 bits per heavy atom. The van der Waals surface area contributed by atoms with Crippen LogP contribution in [0.1, 0.15) is 58.1 Å². The van der Waals surface area contributed by atoms with E-state index in [1.807, 2.05) is 6.07 Å². The van der Waals surface area contributed by atoms with Crippen molar-refractivity contribution in [3.05, 3.63) is 71.3 Å². The van der Waals surface area contributed by atoms with E-state index in [0.29, 0.717) is 29.8 Å². The van der Waals surface area contributed by atoms with Crippen LogP contribution >= 0.6 is 0 Å². The maximum absolute atomic E-state index is 12.9. The van der Waals surface area contributed by atoms with Gasteiger partial charge in [0.2, 0.25) is 6.10 Å². The molecule has 1 fully saturated rings. The third-order valence-corrected chi connectivity index (χ3v) is 5.63. The summed E-state index contributed by atoms with van der Waals surface area (Å²) in [5.74, 6) is -1.43. The Hall–Kier alpha value is -3.48. The van der Waals surface area contributed by atoms with Crippen molar-refractivity contribution in [3.63, 3.8) is 0 Å². The van der Waals surface area contributed by atoms with E-state index < -0.39 is 12.1 Å². The predicted molar refractivity (Wildman–Crippen MR) is 112 cm³/mol. The van der Waals surface area contributed by atoms with E-state index in [1.54, 1.807) is 53.4 Å². The highest BCUT2D eigenvalue weighted by Crippen LogP contribution is 2.25. The molecule has 1 atom stereocenters. The molecule has 2 aliphatic rings. The van der Waals surface area contributed by atoms with Gasteiger partial charge in [-0.25, -0.2) is 0 Å². The maximum Gasteiger partial charge on any atom is 0.306 e. The lowest BCUT2D eigenvalue weighted by molar-refractivity contribution is -0.160. The smallest absolute Gasteiger partial charge is 0.306 e. The number of carbonyl (C=O) groups is 4. The molecule has 0 aromatic heterocycles. The fourth-order valence-corrected chi connectivity index (χ4v) is 4.01. The van der Waals surface area contributed by atoms with E-state index in [1.165, 1.54) is 0 Å². The van der Waals surface area contributed by atoms with Gasteiger partial charge in [-0.15, -0.1) is 0 Å². The molecule has 2 heterocycles. The van der Waals surface area contributed by atoms with Crippen LogP contribution in [0.3, 0.4) is 0 Å². The number of imide groups is 1. The normalized spacial score (nSPS) is 16.4. The fraction of sp³-hybridized carbons (Fsp3) is 0.333. The molecule has 4 rings (SSSR count). The summed E-state index contributed by atoms with van der Waals surface area (Å²) in [7, 11) is 0. The Kier molecular flexibility index (Phi) is 6.11. The number of ether oxygens (including phenoxy) is 1. The molecule has 7 nitrogen and oxygen atoms in total. The molecule has 0 bridgehead atoms. The summed E-state index contributed by atoms with van der Waals surface area (Å²) in [5, 5.41) is 0. The summed E-state index contributed by atoms with van der Waals surface area (Å²) in [4.78, 5) is 53.2. The standard InChI is InChI=1S/C24H24N2O5/c27-20(13-8-16-26-22(28)18-11-4-5-12-19(18)23(26)29)31-21(17-9-2-1-3-10-17)24(30)25-14-6-7-15-25/h1-5,9-12,21H,6-8,13-16H2/t21-/m1/s1. The third-order valence-electron chi connectivity index (χ3n) is 5.63. The van der Waals surface area contributed by atoms with Gasteiger partial charge in [-0.2, -0.15) is 0 Å². The van der Waals surface area contributed by atoms with Gasteiger partial charge in [-0.1, -0.05) is 42.5 Å². The zero-order valence-electron chi connectivity index (χ0n) is 17.2. The molecule has 31 heavy (non-hydrogen) atoms. The van der Waals surface area contributed by atoms with Gasteiger partial charge in [-0.05, 0) is 31.4 Å². The Morgan fingerprint density at radius 1 is 0.871 bits per heavy atom. The number of hydrogen-bond acceptors (Lipinski definition) is 5. The molecule has 0 spiro atoms. The second-order valence-electron chi connectivity index (χ2n) is 7.72. The van der Waals surface area contributed by atoms with Crippen LogP contribution < -0.4 is 0 Å². The monoisotopic (exact) mass is 420 g/mol. The Morgan fingerprint density at radius 3 is 2.06 bits per heavy atom. The molecule has 0 radical (unpaired) electrons. The lowest BCUT2D eigenvalue weighted by Gasteiger charge is -2.23. The summed E-state index contributed by atoms with van der Waals surface area (Å²) in [6, 6.07) is 15.7. The lowest BCUT2D eigenvalue weighted by Crippen LogP contribution is -2.35. The summed E-state index contributed by atoms with van der Waals surface area (Å²) in [6.07, 6.45) is 1.18. The van der Waals surface area contributed by atoms with E-state index in [-0.39, 0.29) is 37.1 Å². The van der Waals surface area contributed by atoms with Crippen LogP contribution in [0, 0.1) is 0 Å². The first-order chi connectivity index (χ1) is 15.1. The minimum atomic E-state index is -0.980. The lowest BCUT2D eigenvalue weighted by atomic mass is 10.1. The Bertz CT molecular complexity index is 963. The first kappa shape index (κ1) is 20.8. The average Bonchev–Trinajstić information content (AvgIpc) is 3.41. The molecule has 2 aliphatic heterocycles. The van der Waals surface area contributed by atoms with E-state index in [0.717, 1.165) is 17.7 Å². The van der Waals surface area contributed by atoms with Gasteiger partial charge < -0.3 is 9.64 Å². The van der Waals surface area contributed by atoms with E-state index in [2.05, 4.69) is 0 Å². The first-order valence-electron chi connectivity index (χ1n) is 10.5. The van der Waals surface area contributed by atoms with Gasteiger partial charge >= 0.3 is 5.97 Å². The third kappa shape index (κ3) is 4.35. The number of fused-ring (bicyclic) bond motifs is 1. The molecular formula is C24H24N2O5. The highest BCUT2D eigenvalue weighted by Gasteiger charge is 2.35. The summed E-state index contributed by atoms with van der Waals surface area (Å²) in [6.45, 7) is 1.45. The fourth-order valence-electron chi connectivity index (χ4n) is 4.01. The van der Waals surface area contributed by atoms with Crippen molar-refractivity contribution in [1.82, 2.24) is 9.80 Å². The molecule has 0 saturated carbocycles. The molecule has 3 amide bonds. The SMILES string of the molecule is O=C(CCCN1C(=O)c2ccccc2C1=O)O[C@@H](C(=O)N1CCCC1)c1ccccc1. The van der Waals surface area contributed by atoms with Crippen LogP contribution in [0.15, 0.2) is 54.6 Å². The minimum absolute atomic E-state index is 0.00399. The predicted octanol–water partition coefficient (Wildman–Crippen LogP) is 2.97. The number of esters is 1. The number of benzene rings is 2. The van der Waals surface area contributed by atoms with Gasteiger partial charge in [0.05, 0.1) is 11.1 Å². The van der Waals surface area contributed by atoms with Crippen molar-refractivity contribution >= 4 is 23.7 Å². The zero-order chi connectivity index (χ0) is 21.8. The van der Waals surface area contributed by atoms with Crippen molar-refractivity contribution in [2.45, 2.75) is 31.8 Å². The minimum Gasteiger partial charge on any atom is -0.447 e. The summed E-state index contributed by atoms with van der Waals surface area (Å²) >= 11 is 0.